The van der Waals surface area contributed by atoms with E-state index >= 15 is 0 Å². The van der Waals surface area contributed by atoms with Gasteiger partial charge < -0.3 is 10.6 Å². The predicted molar refractivity (Wildman–Crippen MR) is 78.8 cm³/mol. The lowest BCUT2D eigenvalue weighted by molar-refractivity contribution is 0.350. The van der Waals surface area contributed by atoms with Crippen LogP contribution in [0.15, 0.2) is 24.5 Å². The molecule has 0 aromatic carbocycles. The molecule has 104 valence electrons. The quantitative estimate of drug-likeness (QED) is 0.638. The van der Waals surface area contributed by atoms with Crippen molar-refractivity contribution in [2.45, 2.75) is 19.8 Å². The van der Waals surface area contributed by atoms with Crippen molar-refractivity contribution in [3.05, 3.63) is 24.5 Å². The molecule has 0 amide bonds. The molecule has 1 aliphatic heterocycles. The van der Waals surface area contributed by atoms with E-state index in [1.807, 2.05) is 12.1 Å². The Morgan fingerprint density at radius 1 is 1.25 bits per heavy atom. The number of fused-ring (bicyclic) bond motifs is 1. The van der Waals surface area contributed by atoms with Crippen LogP contribution in [0, 0.1) is 10.8 Å². The highest BCUT2D eigenvalue weighted by molar-refractivity contribution is 5.83. The van der Waals surface area contributed by atoms with E-state index in [0.29, 0.717) is 5.65 Å². The van der Waals surface area contributed by atoms with Crippen molar-refractivity contribution < 1.29 is 0 Å². The van der Waals surface area contributed by atoms with Crippen LogP contribution in [0.5, 0.6) is 0 Å². The lowest BCUT2D eigenvalue weighted by Gasteiger charge is -2.39. The molecule has 0 unspecified atom stereocenters. The van der Waals surface area contributed by atoms with Gasteiger partial charge in [0.15, 0.2) is 5.65 Å². The summed E-state index contributed by atoms with van der Waals surface area (Å²) in [6, 6.07) is 3.93. The molecule has 2 aromatic rings. The molecule has 1 aliphatic rings. The maximum atomic E-state index is 7.69. The van der Waals surface area contributed by atoms with E-state index in [1.165, 1.54) is 0 Å². The van der Waals surface area contributed by atoms with Gasteiger partial charge in [0.2, 0.25) is 0 Å². The second kappa shape index (κ2) is 4.70. The SMILES string of the molecule is CC1(C(=N)N)CCN(c2ccc3nccnc3n2)CC1. The van der Waals surface area contributed by atoms with E-state index < -0.39 is 0 Å². The maximum absolute atomic E-state index is 7.69. The van der Waals surface area contributed by atoms with E-state index in [2.05, 4.69) is 26.8 Å². The Morgan fingerprint density at radius 2 is 1.95 bits per heavy atom. The molecular formula is C14H18N6. The van der Waals surface area contributed by atoms with E-state index in [0.717, 1.165) is 37.3 Å². The molecule has 1 saturated heterocycles. The molecule has 0 radical (unpaired) electrons. The monoisotopic (exact) mass is 270 g/mol. The topological polar surface area (TPSA) is 91.8 Å². The first-order valence-electron chi connectivity index (χ1n) is 6.76. The van der Waals surface area contributed by atoms with Crippen molar-refractivity contribution in [2.24, 2.45) is 11.1 Å². The lowest BCUT2D eigenvalue weighted by Crippen LogP contribution is -2.45. The average Bonchev–Trinajstić information content (AvgIpc) is 2.47. The summed E-state index contributed by atoms with van der Waals surface area (Å²) in [7, 11) is 0. The minimum absolute atomic E-state index is 0.173. The number of nitrogens with zero attached hydrogens (tertiary/aromatic N) is 4. The minimum atomic E-state index is -0.173. The van der Waals surface area contributed by atoms with E-state index in [-0.39, 0.29) is 11.3 Å². The Bertz CT molecular complexity index is 645. The first kappa shape index (κ1) is 12.8. The van der Waals surface area contributed by atoms with Crippen LogP contribution in [0.4, 0.5) is 5.82 Å². The fraction of sp³-hybridized carbons (Fsp3) is 0.429. The van der Waals surface area contributed by atoms with Crippen LogP contribution >= 0.6 is 0 Å². The zero-order valence-electron chi connectivity index (χ0n) is 11.5. The first-order chi connectivity index (χ1) is 9.58. The maximum Gasteiger partial charge on any atom is 0.180 e. The van der Waals surface area contributed by atoms with Gasteiger partial charge in [-0.3, -0.25) is 10.4 Å². The summed E-state index contributed by atoms with van der Waals surface area (Å²) in [5.74, 6) is 1.21. The summed E-state index contributed by atoms with van der Waals surface area (Å²) in [6.07, 6.45) is 5.08. The molecule has 0 aliphatic carbocycles. The van der Waals surface area contributed by atoms with Crippen molar-refractivity contribution >= 4 is 22.8 Å². The van der Waals surface area contributed by atoms with Crippen molar-refractivity contribution in [2.75, 3.05) is 18.0 Å². The molecule has 6 nitrogen and oxygen atoms in total. The Balaban J connectivity index is 1.81. The Kier molecular flexibility index (Phi) is 3.00. The molecule has 2 aromatic heterocycles. The number of nitrogens with two attached hydrogens (primary N) is 1. The Hall–Kier alpha value is -2.24. The Morgan fingerprint density at radius 3 is 2.65 bits per heavy atom. The molecule has 3 rings (SSSR count). The van der Waals surface area contributed by atoms with Crippen molar-refractivity contribution in [3.8, 4) is 0 Å². The molecule has 0 atom stereocenters. The van der Waals surface area contributed by atoms with Crippen LogP contribution in [0.3, 0.4) is 0 Å². The van der Waals surface area contributed by atoms with Crippen LogP contribution in [-0.2, 0) is 0 Å². The second-order valence-electron chi connectivity index (χ2n) is 5.53. The summed E-state index contributed by atoms with van der Waals surface area (Å²) < 4.78 is 0. The highest BCUT2D eigenvalue weighted by atomic mass is 15.2. The van der Waals surface area contributed by atoms with Gasteiger partial charge in [-0.05, 0) is 25.0 Å². The van der Waals surface area contributed by atoms with Crippen LogP contribution in [0.1, 0.15) is 19.8 Å². The van der Waals surface area contributed by atoms with Gasteiger partial charge in [-0.15, -0.1) is 0 Å². The molecule has 0 spiro atoms. The largest absolute Gasteiger partial charge is 0.387 e. The van der Waals surface area contributed by atoms with Gasteiger partial charge >= 0.3 is 0 Å². The van der Waals surface area contributed by atoms with Gasteiger partial charge in [0.1, 0.15) is 11.3 Å². The third-order valence-electron chi connectivity index (χ3n) is 4.16. The predicted octanol–water partition coefficient (Wildman–Crippen LogP) is 1.57. The molecule has 20 heavy (non-hydrogen) atoms. The van der Waals surface area contributed by atoms with Crippen LogP contribution in [0.2, 0.25) is 0 Å². The van der Waals surface area contributed by atoms with Gasteiger partial charge in [-0.1, -0.05) is 6.92 Å². The van der Waals surface area contributed by atoms with Gasteiger partial charge in [-0.2, -0.15) is 0 Å². The highest BCUT2D eigenvalue weighted by Gasteiger charge is 2.33. The number of aromatic nitrogens is 3. The van der Waals surface area contributed by atoms with Crippen molar-refractivity contribution in [3.63, 3.8) is 0 Å². The standard InChI is InChI=1S/C14H18N6/c1-14(13(15)16)4-8-20(9-5-14)11-3-2-10-12(19-11)18-7-6-17-10/h2-3,6-7H,4-5,8-9H2,1H3,(H3,15,16). The minimum Gasteiger partial charge on any atom is -0.387 e. The number of hydrogen-bond acceptors (Lipinski definition) is 5. The third kappa shape index (κ3) is 2.17. The molecule has 6 heteroatoms. The number of hydrogen-bond donors (Lipinski definition) is 2. The molecule has 3 heterocycles. The van der Waals surface area contributed by atoms with Crippen LogP contribution in [0.25, 0.3) is 11.2 Å². The number of pyridine rings is 1. The van der Waals surface area contributed by atoms with Crippen LogP contribution < -0.4 is 10.6 Å². The molecule has 0 bridgehead atoms. The molecular weight excluding hydrogens is 252 g/mol. The Labute approximate surface area is 117 Å². The van der Waals surface area contributed by atoms with E-state index in [9.17, 15) is 0 Å². The van der Waals surface area contributed by atoms with Crippen molar-refractivity contribution in [1.82, 2.24) is 15.0 Å². The fourth-order valence-electron chi connectivity index (χ4n) is 2.52. The summed E-state index contributed by atoms with van der Waals surface area (Å²) in [6.45, 7) is 3.77. The van der Waals surface area contributed by atoms with Crippen LogP contribution in [-0.4, -0.2) is 33.9 Å². The third-order valence-corrected chi connectivity index (χ3v) is 4.16. The summed E-state index contributed by atoms with van der Waals surface area (Å²) in [4.78, 5) is 15.2. The van der Waals surface area contributed by atoms with Gasteiger partial charge in [0.25, 0.3) is 0 Å². The zero-order valence-corrected chi connectivity index (χ0v) is 11.5. The molecule has 0 saturated carbocycles. The number of anilines is 1. The average molecular weight is 270 g/mol. The number of rotatable bonds is 2. The van der Waals surface area contributed by atoms with Crippen molar-refractivity contribution in [1.29, 1.82) is 5.41 Å². The number of piperidine rings is 1. The highest BCUT2D eigenvalue weighted by Crippen LogP contribution is 2.32. The zero-order chi connectivity index (χ0) is 14.2. The fourth-order valence-corrected chi connectivity index (χ4v) is 2.52. The summed E-state index contributed by atoms with van der Waals surface area (Å²) in [5.41, 5.74) is 7.00. The van der Waals surface area contributed by atoms with E-state index in [4.69, 9.17) is 11.1 Å². The summed E-state index contributed by atoms with van der Waals surface area (Å²) in [5, 5.41) is 7.69. The number of nitrogens with one attached hydrogen (secondary N) is 1. The smallest absolute Gasteiger partial charge is 0.180 e. The number of amidine groups is 1. The van der Waals surface area contributed by atoms with Gasteiger partial charge in [0.05, 0.1) is 5.84 Å². The van der Waals surface area contributed by atoms with Gasteiger partial charge in [-0.25, -0.2) is 9.97 Å². The van der Waals surface area contributed by atoms with E-state index in [1.54, 1.807) is 12.4 Å². The normalized spacial score (nSPS) is 18.1. The first-order valence-corrected chi connectivity index (χ1v) is 6.76. The van der Waals surface area contributed by atoms with Gasteiger partial charge in [0, 0.05) is 30.9 Å². The molecule has 1 fully saturated rings. The summed E-state index contributed by atoms with van der Waals surface area (Å²) >= 11 is 0. The second-order valence-corrected chi connectivity index (χ2v) is 5.53. The molecule has 3 N–H and O–H groups in total. The lowest BCUT2D eigenvalue weighted by atomic mass is 9.79.